The number of ether oxygens (including phenoxy) is 1. The van der Waals surface area contributed by atoms with E-state index < -0.39 is 0 Å². The molecule has 78 valence electrons. The predicted molar refractivity (Wildman–Crippen MR) is 58.8 cm³/mol. The van der Waals surface area contributed by atoms with Crippen LogP contribution in [0.15, 0.2) is 24.3 Å². The number of para-hydroxylation sites is 2. The van der Waals surface area contributed by atoms with Crippen molar-refractivity contribution in [3.63, 3.8) is 0 Å². The third-order valence-corrected chi connectivity index (χ3v) is 2.18. The van der Waals surface area contributed by atoms with E-state index >= 15 is 0 Å². The van der Waals surface area contributed by atoms with E-state index in [1.54, 1.807) is 7.11 Å². The number of hydrogen-bond donors (Lipinski definition) is 1. The van der Waals surface area contributed by atoms with Gasteiger partial charge in [-0.1, -0.05) is 12.1 Å². The lowest BCUT2D eigenvalue weighted by Crippen LogP contribution is -2.07. The Balaban J connectivity index is 2.58. The normalized spacial score (nSPS) is 10.5. The van der Waals surface area contributed by atoms with E-state index in [4.69, 9.17) is 10.5 Å². The molecule has 4 nitrogen and oxygen atoms in total. The van der Waals surface area contributed by atoms with Crippen LogP contribution in [-0.2, 0) is 6.42 Å². The Labute approximate surface area is 88.1 Å². The molecule has 0 saturated heterocycles. The Kier molecular flexibility index (Phi) is 2.78. The Morgan fingerprint density at radius 2 is 1.87 bits per heavy atom. The number of benzene rings is 1. The second-order valence-corrected chi connectivity index (χ2v) is 3.21. The monoisotopic (exact) mass is 203 g/mol. The maximum absolute atomic E-state index is 5.50. The van der Waals surface area contributed by atoms with Gasteiger partial charge < -0.3 is 10.5 Å². The van der Waals surface area contributed by atoms with Gasteiger partial charge in [0.25, 0.3) is 0 Å². The highest BCUT2D eigenvalue weighted by Crippen LogP contribution is 2.18. The summed E-state index contributed by atoms with van der Waals surface area (Å²) in [5.74, 6) is 0.569. The topological polar surface area (TPSA) is 61.0 Å². The van der Waals surface area contributed by atoms with Gasteiger partial charge in [-0.3, -0.25) is 0 Å². The van der Waals surface area contributed by atoms with Gasteiger partial charge in [0.05, 0.1) is 18.1 Å². The number of hydrogen-bond acceptors (Lipinski definition) is 4. The number of fused-ring (bicyclic) bond motifs is 1. The Hall–Kier alpha value is -1.68. The van der Waals surface area contributed by atoms with E-state index in [0.29, 0.717) is 18.8 Å². The predicted octanol–water partition coefficient (Wildman–Crippen LogP) is 1.14. The van der Waals surface area contributed by atoms with Gasteiger partial charge in [0.1, 0.15) is 5.69 Å². The lowest BCUT2D eigenvalue weighted by molar-refractivity contribution is 0.391. The van der Waals surface area contributed by atoms with Crippen LogP contribution in [-0.4, -0.2) is 23.6 Å². The number of methoxy groups -OCH3 is 1. The standard InChI is InChI=1S/C11H13N3O/c1-15-11-10(6-7-12)13-8-4-2-3-5-9(8)14-11/h2-5H,6-7,12H2,1H3. The smallest absolute Gasteiger partial charge is 0.236 e. The van der Waals surface area contributed by atoms with Crippen molar-refractivity contribution in [2.75, 3.05) is 13.7 Å². The minimum atomic E-state index is 0.545. The van der Waals surface area contributed by atoms with Crippen molar-refractivity contribution >= 4 is 11.0 Å². The SMILES string of the molecule is COc1nc2ccccc2nc1CCN. The molecule has 2 aromatic rings. The minimum absolute atomic E-state index is 0.545. The first-order chi connectivity index (χ1) is 7.35. The van der Waals surface area contributed by atoms with Gasteiger partial charge in [0.2, 0.25) is 5.88 Å². The fourth-order valence-electron chi connectivity index (χ4n) is 1.48. The minimum Gasteiger partial charge on any atom is -0.480 e. The molecule has 0 aliphatic heterocycles. The Morgan fingerprint density at radius 3 is 2.47 bits per heavy atom. The molecule has 4 heteroatoms. The van der Waals surface area contributed by atoms with Gasteiger partial charge in [-0.2, -0.15) is 0 Å². The van der Waals surface area contributed by atoms with Crippen molar-refractivity contribution in [2.45, 2.75) is 6.42 Å². The van der Waals surface area contributed by atoms with Crippen LogP contribution in [0.25, 0.3) is 11.0 Å². The summed E-state index contributed by atoms with van der Waals surface area (Å²) in [5, 5.41) is 0. The lowest BCUT2D eigenvalue weighted by atomic mass is 10.2. The summed E-state index contributed by atoms with van der Waals surface area (Å²) in [4.78, 5) is 8.84. The van der Waals surface area contributed by atoms with E-state index in [2.05, 4.69) is 9.97 Å². The summed E-state index contributed by atoms with van der Waals surface area (Å²) in [6.45, 7) is 0.545. The van der Waals surface area contributed by atoms with Crippen molar-refractivity contribution in [3.05, 3.63) is 30.0 Å². The molecule has 2 N–H and O–H groups in total. The van der Waals surface area contributed by atoms with Gasteiger partial charge in [-0.25, -0.2) is 9.97 Å². The quantitative estimate of drug-likeness (QED) is 0.812. The molecule has 0 spiro atoms. The maximum Gasteiger partial charge on any atom is 0.236 e. The van der Waals surface area contributed by atoms with Crippen molar-refractivity contribution in [1.82, 2.24) is 9.97 Å². The van der Waals surface area contributed by atoms with Crippen LogP contribution in [0, 0.1) is 0 Å². The van der Waals surface area contributed by atoms with Crippen LogP contribution in [0.2, 0.25) is 0 Å². The summed E-state index contributed by atoms with van der Waals surface area (Å²) in [7, 11) is 1.60. The highest BCUT2D eigenvalue weighted by atomic mass is 16.5. The highest BCUT2D eigenvalue weighted by Gasteiger charge is 2.07. The molecular formula is C11H13N3O. The molecule has 0 saturated carbocycles. The zero-order valence-corrected chi connectivity index (χ0v) is 8.60. The van der Waals surface area contributed by atoms with Crippen molar-refractivity contribution in [1.29, 1.82) is 0 Å². The first-order valence-electron chi connectivity index (χ1n) is 4.85. The first kappa shape index (κ1) is 9.86. The molecule has 1 aromatic carbocycles. The zero-order valence-electron chi connectivity index (χ0n) is 8.60. The van der Waals surface area contributed by atoms with Crippen LogP contribution in [0.5, 0.6) is 5.88 Å². The molecule has 0 radical (unpaired) electrons. The van der Waals surface area contributed by atoms with E-state index in [1.165, 1.54) is 0 Å². The van der Waals surface area contributed by atoms with Gasteiger partial charge in [0, 0.05) is 6.42 Å². The van der Waals surface area contributed by atoms with Crippen LogP contribution in [0.4, 0.5) is 0 Å². The molecular weight excluding hydrogens is 190 g/mol. The average Bonchev–Trinajstić information content (AvgIpc) is 2.28. The molecule has 0 aliphatic carbocycles. The summed E-state index contributed by atoms with van der Waals surface area (Å²) < 4.78 is 5.18. The molecule has 0 aliphatic rings. The molecule has 0 atom stereocenters. The first-order valence-corrected chi connectivity index (χ1v) is 4.85. The summed E-state index contributed by atoms with van der Waals surface area (Å²) in [6.07, 6.45) is 0.682. The molecule has 0 amide bonds. The van der Waals surface area contributed by atoms with Crippen LogP contribution < -0.4 is 10.5 Å². The number of nitrogens with zero attached hydrogens (tertiary/aromatic N) is 2. The lowest BCUT2D eigenvalue weighted by Gasteiger charge is -2.06. The largest absolute Gasteiger partial charge is 0.480 e. The van der Waals surface area contributed by atoms with E-state index in [0.717, 1.165) is 16.7 Å². The fraction of sp³-hybridized carbons (Fsp3) is 0.273. The van der Waals surface area contributed by atoms with Crippen molar-refractivity contribution in [3.8, 4) is 5.88 Å². The summed E-state index contributed by atoms with van der Waals surface area (Å²) >= 11 is 0. The van der Waals surface area contributed by atoms with Crippen molar-refractivity contribution < 1.29 is 4.74 Å². The molecule has 0 unspecified atom stereocenters. The molecule has 1 aromatic heterocycles. The average molecular weight is 203 g/mol. The maximum atomic E-state index is 5.50. The van der Waals surface area contributed by atoms with Gasteiger partial charge in [-0.05, 0) is 18.7 Å². The number of aromatic nitrogens is 2. The second-order valence-electron chi connectivity index (χ2n) is 3.21. The van der Waals surface area contributed by atoms with Crippen molar-refractivity contribution in [2.24, 2.45) is 5.73 Å². The zero-order chi connectivity index (χ0) is 10.7. The van der Waals surface area contributed by atoms with E-state index in [1.807, 2.05) is 24.3 Å². The van der Waals surface area contributed by atoms with Crippen LogP contribution in [0.3, 0.4) is 0 Å². The Bertz CT molecular complexity index is 470. The van der Waals surface area contributed by atoms with E-state index in [-0.39, 0.29) is 0 Å². The molecule has 0 fully saturated rings. The third-order valence-electron chi connectivity index (χ3n) is 2.18. The molecule has 1 heterocycles. The summed E-state index contributed by atoms with van der Waals surface area (Å²) in [6, 6.07) is 7.72. The highest BCUT2D eigenvalue weighted by molar-refractivity contribution is 5.74. The van der Waals surface area contributed by atoms with Crippen LogP contribution >= 0.6 is 0 Å². The van der Waals surface area contributed by atoms with Gasteiger partial charge >= 0.3 is 0 Å². The molecule has 2 rings (SSSR count). The third kappa shape index (κ3) is 1.89. The Morgan fingerprint density at radius 1 is 1.20 bits per heavy atom. The molecule has 0 bridgehead atoms. The number of rotatable bonds is 3. The molecule has 15 heavy (non-hydrogen) atoms. The van der Waals surface area contributed by atoms with Crippen LogP contribution in [0.1, 0.15) is 5.69 Å². The second kappa shape index (κ2) is 4.23. The number of nitrogens with two attached hydrogens (primary N) is 1. The summed E-state index contributed by atoms with van der Waals surface area (Å²) in [5.41, 5.74) is 8.04. The van der Waals surface area contributed by atoms with Gasteiger partial charge in [0.15, 0.2) is 0 Å². The fourth-order valence-corrected chi connectivity index (χ4v) is 1.48. The van der Waals surface area contributed by atoms with E-state index in [9.17, 15) is 0 Å². The van der Waals surface area contributed by atoms with Gasteiger partial charge in [-0.15, -0.1) is 0 Å².